The Morgan fingerprint density at radius 3 is 2.24 bits per heavy atom. The number of hydrogen-bond donors (Lipinski definition) is 0. The third kappa shape index (κ3) is 3.57. The zero-order valence-corrected chi connectivity index (χ0v) is 14.1. The first-order valence-electron chi connectivity index (χ1n) is 6.35. The molecule has 0 amide bonds. The van der Waals surface area contributed by atoms with Gasteiger partial charge in [0.2, 0.25) is 0 Å². The van der Waals surface area contributed by atoms with Gasteiger partial charge in [-0.25, -0.2) is 15.0 Å². The molecule has 0 N–H and O–H groups in total. The Bertz CT molecular complexity index is 707. The van der Waals surface area contributed by atoms with Crippen LogP contribution in [0.3, 0.4) is 0 Å². The van der Waals surface area contributed by atoms with Crippen LogP contribution in [0.1, 0.15) is 11.6 Å². The molecule has 107 valence electrons. The van der Waals surface area contributed by atoms with Gasteiger partial charge in [0.1, 0.15) is 11.6 Å². The van der Waals surface area contributed by atoms with Gasteiger partial charge in [0.05, 0.1) is 0 Å². The van der Waals surface area contributed by atoms with Crippen molar-refractivity contribution in [1.29, 1.82) is 0 Å². The average molecular weight is 454 g/mol. The van der Waals surface area contributed by atoms with Gasteiger partial charge in [-0.15, -0.1) is 35.9 Å². The van der Waals surface area contributed by atoms with E-state index in [0.29, 0.717) is 17.5 Å². The Morgan fingerprint density at radius 2 is 1.67 bits per heavy atom. The summed E-state index contributed by atoms with van der Waals surface area (Å²) in [6, 6.07) is 14.9. The first-order valence-corrected chi connectivity index (χ1v) is 6.35. The second-order valence-electron chi connectivity index (χ2n) is 4.46. The number of aryl methyl sites for hydroxylation is 2. The van der Waals surface area contributed by atoms with Crippen LogP contribution in [0.15, 0.2) is 42.6 Å². The number of pyridine rings is 1. The molecule has 21 heavy (non-hydrogen) atoms. The van der Waals surface area contributed by atoms with Crippen molar-refractivity contribution in [3.8, 4) is 22.6 Å². The summed E-state index contributed by atoms with van der Waals surface area (Å²) in [5.74, 6) is 2.09. The molecule has 1 aromatic carbocycles. The van der Waals surface area contributed by atoms with E-state index in [1.807, 2.05) is 50.2 Å². The van der Waals surface area contributed by atoms with Gasteiger partial charge in [0, 0.05) is 31.9 Å². The Kier molecular flexibility index (Phi) is 4.89. The normalized spacial score (nSPS) is 10.0. The van der Waals surface area contributed by atoms with Crippen molar-refractivity contribution in [2.45, 2.75) is 13.8 Å². The molecule has 0 unspecified atom stereocenters. The van der Waals surface area contributed by atoms with Crippen LogP contribution in [-0.2, 0) is 20.1 Å². The number of aromatic nitrogens is 4. The summed E-state index contributed by atoms with van der Waals surface area (Å²) in [6.07, 6.45) is 1.78. The number of hydrogen-bond acceptors (Lipinski definition) is 4. The van der Waals surface area contributed by atoms with Crippen LogP contribution < -0.4 is 0 Å². The second-order valence-corrected chi connectivity index (χ2v) is 4.46. The van der Waals surface area contributed by atoms with E-state index >= 15 is 0 Å². The molecule has 0 aliphatic carbocycles. The largest absolute Gasteiger partial charge is 0.304 e. The summed E-state index contributed by atoms with van der Waals surface area (Å²) >= 11 is 0. The Balaban J connectivity index is 0.00000161. The van der Waals surface area contributed by atoms with E-state index < -0.39 is 0 Å². The van der Waals surface area contributed by atoms with Gasteiger partial charge < -0.3 is 4.98 Å². The van der Waals surface area contributed by atoms with Gasteiger partial charge in [-0.3, -0.25) is 0 Å². The summed E-state index contributed by atoms with van der Waals surface area (Å²) in [5, 5.41) is 0. The molecule has 3 rings (SSSR count). The second kappa shape index (κ2) is 6.66. The van der Waals surface area contributed by atoms with Crippen molar-refractivity contribution in [2.75, 3.05) is 0 Å². The zero-order chi connectivity index (χ0) is 13.9. The van der Waals surface area contributed by atoms with Gasteiger partial charge in [-0.05, 0) is 19.5 Å². The average Bonchev–Trinajstić information content (AvgIpc) is 2.47. The van der Waals surface area contributed by atoms with Crippen molar-refractivity contribution in [3.05, 3.63) is 60.3 Å². The van der Waals surface area contributed by atoms with Gasteiger partial charge in [0.15, 0.2) is 5.82 Å². The molecule has 0 spiro atoms. The van der Waals surface area contributed by atoms with E-state index in [2.05, 4.69) is 26.0 Å². The molecule has 3 aromatic rings. The monoisotopic (exact) mass is 454 g/mol. The Morgan fingerprint density at radius 1 is 0.905 bits per heavy atom. The summed E-state index contributed by atoms with van der Waals surface area (Å²) in [7, 11) is 0. The quantitative estimate of drug-likeness (QED) is 0.560. The van der Waals surface area contributed by atoms with Crippen LogP contribution in [-0.4, -0.2) is 19.9 Å². The molecule has 1 radical (unpaired) electrons. The molecular weight excluding hydrogens is 440 g/mol. The van der Waals surface area contributed by atoms with E-state index in [1.165, 1.54) is 0 Å². The fourth-order valence-electron chi connectivity index (χ4n) is 1.98. The van der Waals surface area contributed by atoms with E-state index in [9.17, 15) is 0 Å². The standard InChI is InChI=1S/C16H13N4.Ir/c1-11-18-12(2)20-16(19-11)14-8-9-15(17-10-14)13-6-4-3-5-7-13;/h3-6,8-10H,1-2H3;/q-1;. The maximum absolute atomic E-state index is 4.45. The molecular formula is C16H13IrN4-. The Labute approximate surface area is 137 Å². The summed E-state index contributed by atoms with van der Waals surface area (Å²) in [5.41, 5.74) is 2.75. The van der Waals surface area contributed by atoms with Gasteiger partial charge in [-0.1, -0.05) is 12.1 Å². The zero-order valence-electron chi connectivity index (χ0n) is 11.7. The molecule has 2 aromatic heterocycles. The smallest absolute Gasteiger partial charge is 0.164 e. The molecule has 0 atom stereocenters. The minimum absolute atomic E-state index is 0. The molecule has 0 fully saturated rings. The van der Waals surface area contributed by atoms with Crippen molar-refractivity contribution < 1.29 is 20.1 Å². The van der Waals surface area contributed by atoms with Crippen LogP contribution in [0, 0.1) is 19.9 Å². The van der Waals surface area contributed by atoms with Crippen molar-refractivity contribution in [1.82, 2.24) is 19.9 Å². The maximum atomic E-state index is 4.45. The SMILES string of the molecule is Cc1nc(C)nc(-c2ccc(-c3[c-]cccc3)nc2)n1.[Ir]. The third-order valence-corrected chi connectivity index (χ3v) is 2.87. The number of benzene rings is 1. The first kappa shape index (κ1) is 15.4. The van der Waals surface area contributed by atoms with E-state index in [-0.39, 0.29) is 20.1 Å². The fraction of sp³-hybridized carbons (Fsp3) is 0.125. The van der Waals surface area contributed by atoms with E-state index in [1.54, 1.807) is 6.20 Å². The molecule has 0 aliphatic rings. The molecule has 0 saturated carbocycles. The van der Waals surface area contributed by atoms with Crippen molar-refractivity contribution >= 4 is 0 Å². The van der Waals surface area contributed by atoms with Crippen LogP contribution in [0.25, 0.3) is 22.6 Å². The van der Waals surface area contributed by atoms with E-state index in [0.717, 1.165) is 16.8 Å². The molecule has 2 heterocycles. The van der Waals surface area contributed by atoms with Gasteiger partial charge >= 0.3 is 0 Å². The van der Waals surface area contributed by atoms with Crippen molar-refractivity contribution in [3.63, 3.8) is 0 Å². The Hall–Kier alpha value is -1.97. The minimum atomic E-state index is 0. The minimum Gasteiger partial charge on any atom is -0.304 e. The molecule has 0 bridgehead atoms. The van der Waals surface area contributed by atoms with Crippen LogP contribution in [0.2, 0.25) is 0 Å². The predicted molar refractivity (Wildman–Crippen MR) is 76.8 cm³/mol. The fourth-order valence-corrected chi connectivity index (χ4v) is 1.98. The van der Waals surface area contributed by atoms with E-state index in [4.69, 9.17) is 0 Å². The van der Waals surface area contributed by atoms with Gasteiger partial charge in [0.25, 0.3) is 0 Å². The molecule has 5 heteroatoms. The summed E-state index contributed by atoms with van der Waals surface area (Å²) in [6.45, 7) is 3.72. The summed E-state index contributed by atoms with van der Waals surface area (Å²) < 4.78 is 0. The maximum Gasteiger partial charge on any atom is 0.164 e. The van der Waals surface area contributed by atoms with Crippen LogP contribution >= 0.6 is 0 Å². The van der Waals surface area contributed by atoms with Gasteiger partial charge in [-0.2, -0.15) is 0 Å². The topological polar surface area (TPSA) is 51.6 Å². The molecule has 4 nitrogen and oxygen atoms in total. The number of nitrogens with zero attached hydrogens (tertiary/aromatic N) is 4. The first-order chi connectivity index (χ1) is 9.72. The predicted octanol–water partition coefficient (Wildman–Crippen LogP) is 3.02. The molecule has 0 saturated heterocycles. The van der Waals surface area contributed by atoms with Crippen molar-refractivity contribution in [2.24, 2.45) is 0 Å². The number of rotatable bonds is 2. The summed E-state index contributed by atoms with van der Waals surface area (Å²) in [4.78, 5) is 17.3. The molecule has 0 aliphatic heterocycles. The van der Waals surface area contributed by atoms with Crippen LogP contribution in [0.4, 0.5) is 0 Å². The van der Waals surface area contributed by atoms with Crippen LogP contribution in [0.5, 0.6) is 0 Å². The third-order valence-electron chi connectivity index (χ3n) is 2.87.